The Labute approximate surface area is 392 Å². The van der Waals surface area contributed by atoms with Gasteiger partial charge < -0.3 is 9.32 Å². The van der Waals surface area contributed by atoms with E-state index in [0.29, 0.717) is 5.92 Å². The van der Waals surface area contributed by atoms with Crippen LogP contribution in [0.25, 0.3) is 22.6 Å². The van der Waals surface area contributed by atoms with E-state index >= 15 is 0 Å². The van der Waals surface area contributed by atoms with Gasteiger partial charge in [-0.25, -0.2) is 0 Å². The molecule has 0 fully saturated rings. The molecule has 0 saturated heterocycles. The smallest absolute Gasteiger partial charge is 0.294 e. The van der Waals surface area contributed by atoms with Crippen LogP contribution in [0, 0.1) is 6.92 Å². The third kappa shape index (κ3) is 6.86. The first-order chi connectivity index (χ1) is 30.2. The van der Waals surface area contributed by atoms with Crippen LogP contribution in [-0.4, -0.2) is 6.71 Å². The summed E-state index contributed by atoms with van der Waals surface area (Å²) in [6.45, 7) is 40.5. The molecule has 2 aliphatic carbocycles. The molecule has 5 aromatic carbocycles. The van der Waals surface area contributed by atoms with Gasteiger partial charge in [0.1, 0.15) is 5.58 Å². The summed E-state index contributed by atoms with van der Waals surface area (Å²) >= 11 is 0. The normalized spacial score (nSPS) is 19.5. The molecule has 0 amide bonds. The monoisotopic (exact) mass is 860 g/mol. The predicted octanol–water partition coefficient (Wildman–Crippen LogP) is 15.4. The fraction of sp³-hybridized carbons (Fsp3) is 0.452. The highest BCUT2D eigenvalue weighted by Crippen LogP contribution is 2.53. The summed E-state index contributed by atoms with van der Waals surface area (Å²) in [7, 11) is 0. The Hall–Kier alpha value is -4.76. The zero-order chi connectivity index (χ0) is 46.7. The Balaban J connectivity index is 1.35. The molecule has 0 bridgehead atoms. The van der Waals surface area contributed by atoms with Crippen molar-refractivity contribution in [3.63, 3.8) is 0 Å². The van der Waals surface area contributed by atoms with Crippen molar-refractivity contribution in [3.05, 3.63) is 140 Å². The molecule has 2 nitrogen and oxygen atoms in total. The van der Waals surface area contributed by atoms with Crippen molar-refractivity contribution in [3.8, 4) is 0 Å². The van der Waals surface area contributed by atoms with E-state index in [1.54, 1.807) is 0 Å². The van der Waals surface area contributed by atoms with E-state index in [9.17, 15) is 0 Å². The fourth-order valence-electron chi connectivity index (χ4n) is 12.1. The molecular weight excluding hydrogens is 785 g/mol. The van der Waals surface area contributed by atoms with Crippen molar-refractivity contribution in [1.82, 2.24) is 0 Å². The number of rotatable bonds is 3. The summed E-state index contributed by atoms with van der Waals surface area (Å²) in [5.74, 6) is 0.330. The Morgan fingerprint density at radius 3 is 1.78 bits per heavy atom. The molecule has 336 valence electrons. The van der Waals surface area contributed by atoms with E-state index in [4.69, 9.17) is 4.42 Å². The third-order valence-corrected chi connectivity index (χ3v) is 16.9. The molecule has 0 spiro atoms. The van der Waals surface area contributed by atoms with Gasteiger partial charge in [0.2, 0.25) is 0 Å². The van der Waals surface area contributed by atoms with Crippen molar-refractivity contribution >= 4 is 63.0 Å². The van der Waals surface area contributed by atoms with Crippen LogP contribution >= 0.6 is 0 Å². The Kier molecular flexibility index (Phi) is 9.59. The zero-order valence-corrected chi connectivity index (χ0v) is 42.9. The molecule has 3 heteroatoms. The van der Waals surface area contributed by atoms with Crippen molar-refractivity contribution in [2.45, 2.75) is 182 Å². The molecule has 65 heavy (non-hydrogen) atoms. The first-order valence-corrected chi connectivity index (χ1v) is 24.9. The van der Waals surface area contributed by atoms with Crippen LogP contribution in [0.4, 0.5) is 17.1 Å². The maximum atomic E-state index is 7.62. The quantitative estimate of drug-likeness (QED) is 0.165. The lowest BCUT2D eigenvalue weighted by Crippen LogP contribution is -2.60. The molecule has 1 aromatic heterocycles. The van der Waals surface area contributed by atoms with Gasteiger partial charge in [-0.05, 0) is 180 Å². The minimum Gasteiger partial charge on any atom is -0.468 e. The standard InChI is InChI=1S/C62H74BNO/c1-36(2)39-30-45-44(29-38-18-19-40(28-37(38)3)57(4,5)6)43-22-20-41(58(7,8)9)32-51(43)63-54(45)52(31-39)64(42-21-23-47-48(33-42)60(12,13)25-24-59(47,10)11)55-46-34-49-50(35-53(46)65-56(55)63)62(16,17)27-26-61(49,14)15/h18-23,28-36H,24-27H2,1-17H3/b44-29+. The average Bonchev–Trinajstić information content (AvgIpc) is 3.59. The Bertz CT molecular complexity index is 3000. The van der Waals surface area contributed by atoms with Crippen molar-refractivity contribution in [2.75, 3.05) is 4.90 Å². The van der Waals surface area contributed by atoms with Gasteiger partial charge in [0.05, 0.1) is 11.3 Å². The maximum absolute atomic E-state index is 7.62. The van der Waals surface area contributed by atoms with E-state index < -0.39 is 0 Å². The molecule has 4 aliphatic rings. The van der Waals surface area contributed by atoms with Crippen LogP contribution in [0.15, 0.2) is 83.3 Å². The fourth-order valence-corrected chi connectivity index (χ4v) is 12.1. The molecule has 3 heterocycles. The topological polar surface area (TPSA) is 16.4 Å². The molecular formula is C62H74BNO. The number of aryl methyl sites for hydroxylation is 1. The first-order valence-electron chi connectivity index (χ1n) is 24.9. The van der Waals surface area contributed by atoms with Gasteiger partial charge in [-0.1, -0.05) is 165 Å². The van der Waals surface area contributed by atoms with Gasteiger partial charge in [0, 0.05) is 16.8 Å². The van der Waals surface area contributed by atoms with E-state index in [1.807, 2.05) is 0 Å². The van der Waals surface area contributed by atoms with Crippen LogP contribution in [0.5, 0.6) is 0 Å². The number of fused-ring (bicyclic) bond motifs is 8. The van der Waals surface area contributed by atoms with Gasteiger partial charge in [-0.3, -0.25) is 0 Å². The van der Waals surface area contributed by atoms with Crippen molar-refractivity contribution < 1.29 is 4.42 Å². The number of benzene rings is 5. The second kappa shape index (κ2) is 14.1. The average molecular weight is 860 g/mol. The lowest BCUT2D eigenvalue weighted by atomic mass is 9.33. The Morgan fingerprint density at radius 2 is 1.18 bits per heavy atom. The minimum atomic E-state index is -0.0790. The summed E-state index contributed by atoms with van der Waals surface area (Å²) in [6, 6.07) is 32.1. The molecule has 0 saturated carbocycles. The van der Waals surface area contributed by atoms with Gasteiger partial charge in [0.25, 0.3) is 6.71 Å². The summed E-state index contributed by atoms with van der Waals surface area (Å²) < 4.78 is 7.62. The number of hydrogen-bond donors (Lipinski definition) is 0. The Morgan fingerprint density at radius 1 is 0.615 bits per heavy atom. The van der Waals surface area contributed by atoms with Crippen LogP contribution in [0.3, 0.4) is 0 Å². The lowest BCUT2D eigenvalue weighted by Gasteiger charge is -2.44. The third-order valence-electron chi connectivity index (χ3n) is 16.9. The second-order valence-electron chi connectivity index (χ2n) is 25.8. The lowest BCUT2D eigenvalue weighted by molar-refractivity contribution is 0.332. The van der Waals surface area contributed by atoms with Crippen LogP contribution in [0.1, 0.15) is 204 Å². The van der Waals surface area contributed by atoms with E-state index in [2.05, 4.69) is 208 Å². The van der Waals surface area contributed by atoms with Gasteiger partial charge in [-0.15, -0.1) is 0 Å². The van der Waals surface area contributed by atoms with Gasteiger partial charge in [0.15, 0.2) is 0 Å². The number of anilines is 3. The molecule has 2 aliphatic heterocycles. The highest BCUT2D eigenvalue weighted by molar-refractivity contribution is 6.99. The molecule has 6 aromatic rings. The van der Waals surface area contributed by atoms with Crippen LogP contribution < -0.4 is 21.5 Å². The summed E-state index contributed by atoms with van der Waals surface area (Å²) in [5.41, 5.74) is 25.3. The number of furan rings is 1. The number of nitrogens with zero attached hydrogens (tertiary/aromatic N) is 1. The first kappa shape index (κ1) is 44.1. The van der Waals surface area contributed by atoms with E-state index in [1.165, 1.54) is 119 Å². The molecule has 10 rings (SSSR count). The summed E-state index contributed by atoms with van der Waals surface area (Å²) in [5, 5.41) is 1.23. The number of hydrogen-bond acceptors (Lipinski definition) is 2. The SMILES string of the molecule is Cc1cc(C(C)(C)C)ccc1/C=C1\c2ccc(C(C)(C)C)cc2B2c3oc4cc5c(cc4c3N(c3ccc4c(c3)C(C)(C)CCC4(C)C)c3cc(C(C)C)cc1c32)C(C)(C)CCC5(C)C. The van der Waals surface area contributed by atoms with Crippen LogP contribution in [0.2, 0.25) is 0 Å². The molecule has 0 unspecified atom stereocenters. The van der Waals surface area contributed by atoms with E-state index in [-0.39, 0.29) is 39.2 Å². The van der Waals surface area contributed by atoms with Gasteiger partial charge >= 0.3 is 0 Å². The van der Waals surface area contributed by atoms with Gasteiger partial charge in [-0.2, -0.15) is 0 Å². The molecule has 0 atom stereocenters. The predicted molar refractivity (Wildman–Crippen MR) is 282 cm³/mol. The largest absolute Gasteiger partial charge is 0.468 e. The minimum absolute atomic E-state index is 0.0275. The van der Waals surface area contributed by atoms with Crippen molar-refractivity contribution in [1.29, 1.82) is 0 Å². The van der Waals surface area contributed by atoms with E-state index in [0.717, 1.165) is 17.7 Å². The highest BCUT2D eigenvalue weighted by Gasteiger charge is 2.48. The van der Waals surface area contributed by atoms with Crippen molar-refractivity contribution in [2.24, 2.45) is 0 Å². The highest BCUT2D eigenvalue weighted by atomic mass is 16.3. The summed E-state index contributed by atoms with van der Waals surface area (Å²) in [6.07, 6.45) is 7.20. The molecule has 0 N–H and O–H groups in total. The second-order valence-corrected chi connectivity index (χ2v) is 25.8. The summed E-state index contributed by atoms with van der Waals surface area (Å²) in [4.78, 5) is 2.66. The zero-order valence-electron chi connectivity index (χ0n) is 42.9. The van der Waals surface area contributed by atoms with Crippen LogP contribution in [-0.2, 0) is 32.5 Å². The maximum Gasteiger partial charge on any atom is 0.294 e. The molecule has 0 radical (unpaired) electrons.